The highest BCUT2D eigenvalue weighted by Crippen LogP contribution is 2.09. The molecular weight excluding hydrogens is 266 g/mol. The summed E-state index contributed by atoms with van der Waals surface area (Å²) in [4.78, 5) is 11.3. The van der Waals surface area contributed by atoms with E-state index < -0.39 is 0 Å². The maximum absolute atomic E-state index is 5.35. The van der Waals surface area contributed by atoms with Crippen molar-refractivity contribution in [1.29, 1.82) is 0 Å². The summed E-state index contributed by atoms with van der Waals surface area (Å²) in [6.07, 6.45) is 2.18. The second kappa shape index (κ2) is 8.79. The van der Waals surface area contributed by atoms with Gasteiger partial charge in [-0.1, -0.05) is 6.92 Å². The molecule has 0 aromatic carbocycles. The predicted octanol–water partition coefficient (Wildman–Crippen LogP) is 1.74. The number of ether oxygens (including phenoxy) is 1. The van der Waals surface area contributed by atoms with Crippen LogP contribution < -0.4 is 10.6 Å². The molecule has 2 rings (SSSR count). The van der Waals surface area contributed by atoms with Crippen LogP contribution in [0.4, 0.5) is 11.8 Å². The lowest BCUT2D eigenvalue weighted by atomic mass is 10.3. The molecule has 2 N–H and O–H groups in total. The maximum Gasteiger partial charge on any atom is 0.224 e. The number of nitrogens with one attached hydrogen (secondary N) is 2. The zero-order valence-corrected chi connectivity index (χ0v) is 13.2. The van der Waals surface area contributed by atoms with Crippen LogP contribution in [0.5, 0.6) is 0 Å². The van der Waals surface area contributed by atoms with Gasteiger partial charge >= 0.3 is 0 Å². The van der Waals surface area contributed by atoms with Crippen molar-refractivity contribution in [1.82, 2.24) is 14.9 Å². The van der Waals surface area contributed by atoms with Crippen molar-refractivity contribution in [2.24, 2.45) is 0 Å². The molecule has 21 heavy (non-hydrogen) atoms. The van der Waals surface area contributed by atoms with E-state index in [1.165, 1.54) is 0 Å². The lowest BCUT2D eigenvalue weighted by Crippen LogP contribution is -2.37. The van der Waals surface area contributed by atoms with Gasteiger partial charge in [0.05, 0.1) is 13.2 Å². The van der Waals surface area contributed by atoms with Crippen LogP contribution >= 0.6 is 0 Å². The molecule has 1 aromatic rings. The summed E-state index contributed by atoms with van der Waals surface area (Å²) < 4.78 is 5.35. The summed E-state index contributed by atoms with van der Waals surface area (Å²) in [7, 11) is 0. The minimum Gasteiger partial charge on any atom is -0.379 e. The Balaban J connectivity index is 1.72. The van der Waals surface area contributed by atoms with Gasteiger partial charge in [0.1, 0.15) is 5.82 Å². The van der Waals surface area contributed by atoms with Gasteiger partial charge in [-0.25, -0.2) is 4.98 Å². The number of aryl methyl sites for hydroxylation is 1. The Hall–Kier alpha value is -1.40. The van der Waals surface area contributed by atoms with Crippen LogP contribution in [-0.4, -0.2) is 60.8 Å². The molecule has 6 nitrogen and oxygen atoms in total. The largest absolute Gasteiger partial charge is 0.379 e. The third-order valence-electron chi connectivity index (χ3n) is 3.45. The molecule has 0 unspecified atom stereocenters. The summed E-state index contributed by atoms with van der Waals surface area (Å²) in [6, 6.07) is 1.99. The molecule has 0 atom stereocenters. The van der Waals surface area contributed by atoms with Gasteiger partial charge in [0.2, 0.25) is 5.95 Å². The zero-order chi connectivity index (χ0) is 14.9. The highest BCUT2D eigenvalue weighted by atomic mass is 16.5. The average molecular weight is 293 g/mol. The molecule has 1 aliphatic rings. The van der Waals surface area contributed by atoms with Crippen molar-refractivity contribution < 1.29 is 4.74 Å². The Morgan fingerprint density at radius 1 is 1.19 bits per heavy atom. The lowest BCUT2D eigenvalue weighted by molar-refractivity contribution is 0.0378. The molecule has 1 saturated heterocycles. The molecular formula is C15H27N5O. The average Bonchev–Trinajstić information content (AvgIpc) is 2.50. The van der Waals surface area contributed by atoms with E-state index in [2.05, 4.69) is 32.4 Å². The van der Waals surface area contributed by atoms with Crippen molar-refractivity contribution >= 4 is 11.8 Å². The lowest BCUT2D eigenvalue weighted by Gasteiger charge is -2.26. The smallest absolute Gasteiger partial charge is 0.224 e. The van der Waals surface area contributed by atoms with Crippen LogP contribution in [-0.2, 0) is 4.74 Å². The third kappa shape index (κ3) is 5.85. The van der Waals surface area contributed by atoms with Gasteiger partial charge in [-0.3, -0.25) is 4.90 Å². The Bertz CT molecular complexity index is 421. The minimum absolute atomic E-state index is 0.715. The van der Waals surface area contributed by atoms with Crippen LogP contribution in [0.3, 0.4) is 0 Å². The molecule has 1 fully saturated rings. The highest BCUT2D eigenvalue weighted by Gasteiger charge is 2.09. The normalized spacial score (nSPS) is 15.9. The van der Waals surface area contributed by atoms with Crippen LogP contribution in [0.1, 0.15) is 25.5 Å². The van der Waals surface area contributed by atoms with E-state index in [4.69, 9.17) is 4.74 Å². The Kier molecular flexibility index (Phi) is 6.69. The van der Waals surface area contributed by atoms with E-state index in [0.29, 0.717) is 5.95 Å². The fraction of sp³-hybridized carbons (Fsp3) is 0.733. The number of aromatic nitrogens is 2. The molecule has 0 spiro atoms. The van der Waals surface area contributed by atoms with Gasteiger partial charge in [0.25, 0.3) is 0 Å². The van der Waals surface area contributed by atoms with Crippen LogP contribution in [0.2, 0.25) is 0 Å². The zero-order valence-electron chi connectivity index (χ0n) is 13.2. The van der Waals surface area contributed by atoms with E-state index in [1.54, 1.807) is 0 Å². The molecule has 2 heterocycles. The number of morpholine rings is 1. The van der Waals surface area contributed by atoms with Crippen LogP contribution in [0, 0.1) is 6.92 Å². The van der Waals surface area contributed by atoms with Gasteiger partial charge < -0.3 is 15.4 Å². The fourth-order valence-corrected chi connectivity index (χ4v) is 2.32. The number of rotatable bonds is 8. The van der Waals surface area contributed by atoms with E-state index in [-0.39, 0.29) is 0 Å². The summed E-state index contributed by atoms with van der Waals surface area (Å²) in [6.45, 7) is 10.9. The minimum atomic E-state index is 0.715. The van der Waals surface area contributed by atoms with Gasteiger partial charge in [0.15, 0.2) is 0 Å². The van der Waals surface area contributed by atoms with Crippen molar-refractivity contribution in [3.05, 3.63) is 11.8 Å². The SMILES string of the molecule is CCCNc1nc(C)cc(NCCCN2CCOCC2)n1. The molecule has 118 valence electrons. The van der Waals surface area contributed by atoms with Crippen molar-refractivity contribution in [3.63, 3.8) is 0 Å². The molecule has 0 radical (unpaired) electrons. The molecule has 0 aliphatic carbocycles. The fourth-order valence-electron chi connectivity index (χ4n) is 2.32. The molecule has 6 heteroatoms. The Labute approximate surface area is 127 Å². The summed E-state index contributed by atoms with van der Waals surface area (Å²) in [5.41, 5.74) is 0.985. The van der Waals surface area contributed by atoms with Gasteiger partial charge in [-0.2, -0.15) is 4.98 Å². The first-order chi connectivity index (χ1) is 10.3. The van der Waals surface area contributed by atoms with E-state index >= 15 is 0 Å². The quantitative estimate of drug-likeness (QED) is 0.712. The van der Waals surface area contributed by atoms with E-state index in [1.807, 2.05) is 13.0 Å². The van der Waals surface area contributed by atoms with Crippen molar-refractivity contribution in [2.45, 2.75) is 26.7 Å². The second-order valence-corrected chi connectivity index (χ2v) is 5.38. The Morgan fingerprint density at radius 2 is 2.00 bits per heavy atom. The first-order valence-electron chi connectivity index (χ1n) is 7.91. The monoisotopic (exact) mass is 293 g/mol. The topological polar surface area (TPSA) is 62.3 Å². The third-order valence-corrected chi connectivity index (χ3v) is 3.45. The number of hydrogen-bond donors (Lipinski definition) is 2. The predicted molar refractivity (Wildman–Crippen MR) is 85.9 cm³/mol. The van der Waals surface area contributed by atoms with Gasteiger partial charge in [-0.15, -0.1) is 0 Å². The molecule has 0 saturated carbocycles. The van der Waals surface area contributed by atoms with Gasteiger partial charge in [0, 0.05) is 37.9 Å². The van der Waals surface area contributed by atoms with Crippen molar-refractivity contribution in [3.8, 4) is 0 Å². The highest BCUT2D eigenvalue weighted by molar-refractivity contribution is 5.42. The first-order valence-corrected chi connectivity index (χ1v) is 7.91. The van der Waals surface area contributed by atoms with Crippen LogP contribution in [0.25, 0.3) is 0 Å². The number of nitrogens with zero attached hydrogens (tertiary/aromatic N) is 3. The van der Waals surface area contributed by atoms with Crippen LogP contribution in [0.15, 0.2) is 6.07 Å². The number of hydrogen-bond acceptors (Lipinski definition) is 6. The molecule has 0 bridgehead atoms. The molecule has 1 aliphatic heterocycles. The Morgan fingerprint density at radius 3 is 2.76 bits per heavy atom. The summed E-state index contributed by atoms with van der Waals surface area (Å²) >= 11 is 0. The summed E-state index contributed by atoms with van der Waals surface area (Å²) in [5, 5.41) is 6.63. The van der Waals surface area contributed by atoms with Gasteiger partial charge in [-0.05, 0) is 26.3 Å². The maximum atomic E-state index is 5.35. The number of anilines is 2. The first kappa shape index (κ1) is 16.0. The summed E-state index contributed by atoms with van der Waals surface area (Å²) in [5.74, 6) is 1.62. The molecule has 1 aromatic heterocycles. The standard InChI is InChI=1S/C15H27N5O/c1-3-5-17-15-18-13(2)12-14(19-15)16-6-4-7-20-8-10-21-11-9-20/h12H,3-11H2,1-2H3,(H2,16,17,18,19). The van der Waals surface area contributed by atoms with Crippen molar-refractivity contribution in [2.75, 3.05) is 56.6 Å². The van der Waals surface area contributed by atoms with E-state index in [0.717, 1.165) is 70.3 Å². The second-order valence-electron chi connectivity index (χ2n) is 5.38. The molecule has 0 amide bonds. The van der Waals surface area contributed by atoms with E-state index in [9.17, 15) is 0 Å².